The number of halogens is 1. The molecule has 1 aromatic rings. The third-order valence-electron chi connectivity index (χ3n) is 2.35. The van der Waals surface area contributed by atoms with E-state index in [1.54, 1.807) is 6.20 Å². The molecule has 0 amide bonds. The van der Waals surface area contributed by atoms with Crippen LogP contribution in [0.1, 0.15) is 19.2 Å². The molecule has 0 aliphatic carbocycles. The molecule has 1 aromatic heterocycles. The van der Waals surface area contributed by atoms with Crippen molar-refractivity contribution in [3.05, 3.63) is 16.6 Å². The molecule has 0 aromatic carbocycles. The fourth-order valence-electron chi connectivity index (χ4n) is 1.63. The highest BCUT2D eigenvalue weighted by Crippen LogP contribution is 2.25. The molecule has 78 valence electrons. The first-order valence-electron chi connectivity index (χ1n) is 4.78. The minimum atomic E-state index is 0.652. The maximum atomic E-state index is 4.22. The molecule has 0 spiro atoms. The van der Waals surface area contributed by atoms with Crippen molar-refractivity contribution in [3.8, 4) is 0 Å². The number of thioether (sulfide) groups is 1. The predicted molar refractivity (Wildman–Crippen MR) is 63.5 cm³/mol. The van der Waals surface area contributed by atoms with Gasteiger partial charge in [0.05, 0.1) is 12.7 Å². The summed E-state index contributed by atoms with van der Waals surface area (Å²) in [5.74, 6) is 2.23. The van der Waals surface area contributed by atoms with E-state index in [2.05, 4.69) is 38.1 Å². The van der Waals surface area contributed by atoms with Crippen LogP contribution >= 0.6 is 27.7 Å². The van der Waals surface area contributed by atoms with Gasteiger partial charge < -0.3 is 10.3 Å². The standard InChI is InChI=1S/C9H14BrN3S/c1-6-2-7(5-14-6)11-4-9-12-3-8(10)13-9/h3,6-7,11H,2,4-5H2,1H3,(H,12,13). The first kappa shape index (κ1) is 10.5. The van der Waals surface area contributed by atoms with Gasteiger partial charge in [-0.25, -0.2) is 4.98 Å². The average Bonchev–Trinajstić information content (AvgIpc) is 2.72. The number of hydrogen-bond donors (Lipinski definition) is 2. The molecular weight excluding hydrogens is 262 g/mol. The lowest BCUT2D eigenvalue weighted by molar-refractivity contribution is 0.529. The van der Waals surface area contributed by atoms with E-state index in [1.807, 2.05) is 11.8 Å². The van der Waals surface area contributed by atoms with Crippen LogP contribution in [0.25, 0.3) is 0 Å². The van der Waals surface area contributed by atoms with Crippen molar-refractivity contribution >= 4 is 27.7 Å². The second-order valence-corrected chi connectivity index (χ2v) is 5.96. The highest BCUT2D eigenvalue weighted by molar-refractivity contribution is 9.10. The Labute approximate surface area is 96.6 Å². The Morgan fingerprint density at radius 3 is 3.21 bits per heavy atom. The molecule has 2 rings (SSSR count). The van der Waals surface area contributed by atoms with Gasteiger partial charge in [0.2, 0.25) is 0 Å². The lowest BCUT2D eigenvalue weighted by Crippen LogP contribution is -2.28. The van der Waals surface area contributed by atoms with Crippen molar-refractivity contribution in [1.29, 1.82) is 0 Å². The maximum absolute atomic E-state index is 4.22. The zero-order chi connectivity index (χ0) is 9.97. The minimum Gasteiger partial charge on any atom is -0.336 e. The van der Waals surface area contributed by atoms with Crippen LogP contribution in [-0.2, 0) is 6.54 Å². The smallest absolute Gasteiger partial charge is 0.120 e. The van der Waals surface area contributed by atoms with E-state index in [0.29, 0.717) is 6.04 Å². The second-order valence-electron chi connectivity index (χ2n) is 3.64. The number of imidazole rings is 1. The average molecular weight is 276 g/mol. The summed E-state index contributed by atoms with van der Waals surface area (Å²) in [6.45, 7) is 3.12. The van der Waals surface area contributed by atoms with Crippen LogP contribution in [0, 0.1) is 0 Å². The number of H-pyrrole nitrogens is 1. The number of nitrogens with zero attached hydrogens (tertiary/aromatic N) is 1. The summed E-state index contributed by atoms with van der Waals surface area (Å²) in [5.41, 5.74) is 0. The van der Waals surface area contributed by atoms with Gasteiger partial charge in [0, 0.05) is 17.0 Å². The number of hydrogen-bond acceptors (Lipinski definition) is 3. The summed E-state index contributed by atoms with van der Waals surface area (Å²) in [4.78, 5) is 7.37. The Morgan fingerprint density at radius 2 is 2.64 bits per heavy atom. The van der Waals surface area contributed by atoms with Crippen molar-refractivity contribution in [2.75, 3.05) is 5.75 Å². The van der Waals surface area contributed by atoms with Gasteiger partial charge in [-0.1, -0.05) is 6.92 Å². The van der Waals surface area contributed by atoms with Gasteiger partial charge in [-0.05, 0) is 22.4 Å². The maximum Gasteiger partial charge on any atom is 0.120 e. The fraction of sp³-hybridized carbons (Fsp3) is 0.667. The van der Waals surface area contributed by atoms with Crippen LogP contribution in [0.5, 0.6) is 0 Å². The summed E-state index contributed by atoms with van der Waals surface area (Å²) >= 11 is 5.39. The van der Waals surface area contributed by atoms with Gasteiger partial charge in [0.25, 0.3) is 0 Å². The SMILES string of the molecule is CC1CC(NCc2ncc(Br)[nH]2)CS1. The molecule has 1 saturated heterocycles. The zero-order valence-electron chi connectivity index (χ0n) is 8.09. The van der Waals surface area contributed by atoms with Gasteiger partial charge in [0.1, 0.15) is 10.4 Å². The Morgan fingerprint density at radius 1 is 1.79 bits per heavy atom. The van der Waals surface area contributed by atoms with Crippen LogP contribution < -0.4 is 5.32 Å². The molecule has 0 saturated carbocycles. The van der Waals surface area contributed by atoms with Crippen LogP contribution in [-0.4, -0.2) is 27.0 Å². The van der Waals surface area contributed by atoms with E-state index in [4.69, 9.17) is 0 Å². The number of aromatic amines is 1. The molecule has 0 bridgehead atoms. The van der Waals surface area contributed by atoms with Gasteiger partial charge in [-0.2, -0.15) is 11.8 Å². The summed E-state index contributed by atoms with van der Waals surface area (Å²) in [6, 6.07) is 0.652. The normalized spacial score (nSPS) is 27.0. The molecule has 14 heavy (non-hydrogen) atoms. The Bertz CT molecular complexity index is 302. The predicted octanol–water partition coefficient (Wildman–Crippen LogP) is 2.16. The first-order chi connectivity index (χ1) is 6.74. The lowest BCUT2D eigenvalue weighted by Gasteiger charge is -2.09. The van der Waals surface area contributed by atoms with E-state index in [9.17, 15) is 0 Å². The molecule has 1 fully saturated rings. The molecule has 2 unspecified atom stereocenters. The third kappa shape index (κ3) is 2.74. The molecular formula is C9H14BrN3S. The van der Waals surface area contributed by atoms with Gasteiger partial charge >= 0.3 is 0 Å². The Kier molecular flexibility index (Phi) is 3.52. The molecule has 5 heteroatoms. The third-order valence-corrected chi connectivity index (χ3v) is 4.11. The van der Waals surface area contributed by atoms with Crippen molar-refractivity contribution in [3.63, 3.8) is 0 Å². The van der Waals surface area contributed by atoms with E-state index < -0.39 is 0 Å². The molecule has 3 nitrogen and oxygen atoms in total. The fourth-order valence-corrected chi connectivity index (χ4v) is 3.14. The van der Waals surface area contributed by atoms with Crippen LogP contribution in [0.3, 0.4) is 0 Å². The van der Waals surface area contributed by atoms with Gasteiger partial charge in [-0.3, -0.25) is 0 Å². The summed E-state index contributed by atoms with van der Waals surface area (Å²) in [7, 11) is 0. The Balaban J connectivity index is 1.77. The first-order valence-corrected chi connectivity index (χ1v) is 6.62. The van der Waals surface area contributed by atoms with Crippen molar-refractivity contribution < 1.29 is 0 Å². The van der Waals surface area contributed by atoms with E-state index in [-0.39, 0.29) is 0 Å². The monoisotopic (exact) mass is 275 g/mol. The Hall–Kier alpha value is -0.0000000000000000555. The zero-order valence-corrected chi connectivity index (χ0v) is 10.5. The number of rotatable bonds is 3. The van der Waals surface area contributed by atoms with E-state index >= 15 is 0 Å². The van der Waals surface area contributed by atoms with E-state index in [1.165, 1.54) is 12.2 Å². The van der Waals surface area contributed by atoms with Crippen LogP contribution in [0.4, 0.5) is 0 Å². The largest absolute Gasteiger partial charge is 0.336 e. The van der Waals surface area contributed by atoms with Gasteiger partial charge in [0.15, 0.2) is 0 Å². The second kappa shape index (κ2) is 4.68. The summed E-state index contributed by atoms with van der Waals surface area (Å²) in [6.07, 6.45) is 3.07. The van der Waals surface area contributed by atoms with Crippen molar-refractivity contribution in [2.45, 2.75) is 31.2 Å². The highest BCUT2D eigenvalue weighted by Gasteiger charge is 2.21. The van der Waals surface area contributed by atoms with E-state index in [0.717, 1.165) is 22.2 Å². The quantitative estimate of drug-likeness (QED) is 0.888. The van der Waals surface area contributed by atoms with Crippen LogP contribution in [0.15, 0.2) is 10.8 Å². The molecule has 0 radical (unpaired) electrons. The minimum absolute atomic E-state index is 0.652. The lowest BCUT2D eigenvalue weighted by atomic mass is 10.2. The van der Waals surface area contributed by atoms with Crippen LogP contribution in [0.2, 0.25) is 0 Å². The molecule has 2 atom stereocenters. The van der Waals surface area contributed by atoms with Crippen molar-refractivity contribution in [1.82, 2.24) is 15.3 Å². The molecule has 1 aliphatic heterocycles. The molecule has 1 aliphatic rings. The summed E-state index contributed by atoms with van der Waals surface area (Å²) in [5, 5.41) is 4.31. The number of nitrogens with one attached hydrogen (secondary N) is 2. The number of aromatic nitrogens is 2. The summed E-state index contributed by atoms with van der Waals surface area (Å²) < 4.78 is 0.948. The molecule has 2 N–H and O–H groups in total. The molecule has 2 heterocycles. The van der Waals surface area contributed by atoms with Crippen molar-refractivity contribution in [2.24, 2.45) is 0 Å². The highest BCUT2D eigenvalue weighted by atomic mass is 79.9. The van der Waals surface area contributed by atoms with Gasteiger partial charge in [-0.15, -0.1) is 0 Å². The topological polar surface area (TPSA) is 40.7 Å².